The van der Waals surface area contributed by atoms with Gasteiger partial charge in [0.15, 0.2) is 0 Å². The van der Waals surface area contributed by atoms with Crippen LogP contribution in [0.4, 0.5) is 11.4 Å². The average Bonchev–Trinajstić information content (AvgIpc) is 2.82. The lowest BCUT2D eigenvalue weighted by Gasteiger charge is -2.18. The van der Waals surface area contributed by atoms with E-state index in [2.05, 4.69) is 69.4 Å². The third-order valence-electron chi connectivity index (χ3n) is 6.85. The molecule has 0 atom stereocenters. The normalized spacial score (nSPS) is 11.2. The van der Waals surface area contributed by atoms with Crippen molar-refractivity contribution in [2.24, 2.45) is 0 Å². The van der Waals surface area contributed by atoms with Crippen molar-refractivity contribution < 1.29 is 0 Å². The van der Waals surface area contributed by atoms with Gasteiger partial charge in [-0.1, -0.05) is 103 Å². The second-order valence-electron chi connectivity index (χ2n) is 9.94. The van der Waals surface area contributed by atoms with Crippen LogP contribution in [0.5, 0.6) is 0 Å². The molecule has 0 radical (unpaired) electrons. The topological polar surface area (TPSA) is 12.0 Å². The summed E-state index contributed by atoms with van der Waals surface area (Å²) in [7, 11) is 0. The van der Waals surface area contributed by atoms with Gasteiger partial charge in [0.25, 0.3) is 0 Å². The zero-order valence-electron chi connectivity index (χ0n) is 22.3. The molecule has 0 unspecified atom stereocenters. The second kappa shape index (κ2) is 16.8. The molecule has 0 bridgehead atoms. The highest BCUT2D eigenvalue weighted by molar-refractivity contribution is 5.67. The highest BCUT2D eigenvalue weighted by Crippen LogP contribution is 2.29. The fourth-order valence-electron chi connectivity index (χ4n) is 4.70. The van der Waals surface area contributed by atoms with Crippen molar-refractivity contribution in [2.75, 3.05) is 5.32 Å². The largest absolute Gasteiger partial charge is 0.355 e. The van der Waals surface area contributed by atoms with Gasteiger partial charge in [0.2, 0.25) is 0 Å². The standard InChI is InChI=1S/C32H51N/c1-5-9-13-17-27-21-23-31(29(25-27)19-15-11-7-3)33-32-24-22-28(18-14-10-6-2)26-30(32)20-16-12-8-4/h21-26,33H,5-20H2,1-4H3. The van der Waals surface area contributed by atoms with Crippen LogP contribution >= 0.6 is 0 Å². The molecule has 1 N–H and O–H groups in total. The zero-order chi connectivity index (χ0) is 23.7. The van der Waals surface area contributed by atoms with Crippen LogP contribution in [0.15, 0.2) is 36.4 Å². The van der Waals surface area contributed by atoms with E-state index in [1.54, 1.807) is 0 Å². The van der Waals surface area contributed by atoms with Crippen molar-refractivity contribution in [1.29, 1.82) is 0 Å². The van der Waals surface area contributed by atoms with E-state index in [-0.39, 0.29) is 0 Å². The van der Waals surface area contributed by atoms with Gasteiger partial charge >= 0.3 is 0 Å². The summed E-state index contributed by atoms with van der Waals surface area (Å²) in [6, 6.07) is 14.4. The van der Waals surface area contributed by atoms with Crippen molar-refractivity contribution in [2.45, 2.75) is 130 Å². The summed E-state index contributed by atoms with van der Waals surface area (Å²) in [4.78, 5) is 0. The summed E-state index contributed by atoms with van der Waals surface area (Å²) in [5.74, 6) is 0. The molecule has 0 saturated heterocycles. The van der Waals surface area contributed by atoms with E-state index in [0.717, 1.165) is 0 Å². The maximum Gasteiger partial charge on any atom is 0.0417 e. The van der Waals surface area contributed by atoms with Crippen molar-refractivity contribution in [3.63, 3.8) is 0 Å². The lowest BCUT2D eigenvalue weighted by atomic mass is 9.97. The molecule has 0 heterocycles. The molecule has 0 aliphatic rings. The molecule has 0 amide bonds. The first-order valence-electron chi connectivity index (χ1n) is 14.2. The first kappa shape index (κ1) is 27.5. The smallest absolute Gasteiger partial charge is 0.0417 e. The van der Waals surface area contributed by atoms with Gasteiger partial charge in [-0.05, 0) is 85.8 Å². The van der Waals surface area contributed by atoms with Gasteiger partial charge in [-0.25, -0.2) is 0 Å². The fraction of sp³-hybridized carbons (Fsp3) is 0.625. The number of benzene rings is 2. The van der Waals surface area contributed by atoms with Crippen LogP contribution in [-0.4, -0.2) is 0 Å². The molecule has 2 aromatic rings. The number of aryl methyl sites for hydroxylation is 4. The molecule has 0 spiro atoms. The highest BCUT2D eigenvalue weighted by atomic mass is 14.9. The van der Waals surface area contributed by atoms with Crippen LogP contribution in [0.1, 0.15) is 127 Å². The van der Waals surface area contributed by atoms with Crippen LogP contribution < -0.4 is 5.32 Å². The minimum absolute atomic E-state index is 1.18. The molecule has 0 saturated carbocycles. The predicted molar refractivity (Wildman–Crippen MR) is 149 cm³/mol. The molecule has 0 aliphatic carbocycles. The second-order valence-corrected chi connectivity index (χ2v) is 9.94. The number of unbranched alkanes of at least 4 members (excludes halogenated alkanes) is 8. The summed E-state index contributed by atoms with van der Waals surface area (Å²) < 4.78 is 0. The molecule has 0 aliphatic heterocycles. The van der Waals surface area contributed by atoms with Gasteiger partial charge in [-0.2, -0.15) is 0 Å². The number of hydrogen-bond acceptors (Lipinski definition) is 1. The van der Waals surface area contributed by atoms with Gasteiger partial charge in [-0.3, -0.25) is 0 Å². The highest BCUT2D eigenvalue weighted by Gasteiger charge is 2.09. The SMILES string of the molecule is CCCCCc1ccc(Nc2ccc(CCCCC)cc2CCCCC)c(CCCCC)c1. The summed E-state index contributed by atoms with van der Waals surface area (Å²) in [6.45, 7) is 9.17. The summed E-state index contributed by atoms with van der Waals surface area (Å²) in [5.41, 5.74) is 8.67. The van der Waals surface area contributed by atoms with Crippen LogP contribution in [0.25, 0.3) is 0 Å². The fourth-order valence-corrected chi connectivity index (χ4v) is 4.70. The number of rotatable bonds is 18. The third kappa shape index (κ3) is 10.4. The minimum Gasteiger partial charge on any atom is -0.355 e. The van der Waals surface area contributed by atoms with Crippen molar-refractivity contribution in [3.8, 4) is 0 Å². The molecule has 1 nitrogen and oxygen atoms in total. The summed E-state index contributed by atoms with van der Waals surface area (Å²) in [6.07, 6.45) is 20.4. The van der Waals surface area contributed by atoms with Crippen molar-refractivity contribution >= 4 is 11.4 Å². The summed E-state index contributed by atoms with van der Waals surface area (Å²) in [5, 5.41) is 3.88. The van der Waals surface area contributed by atoms with Crippen LogP contribution in [-0.2, 0) is 25.7 Å². The van der Waals surface area contributed by atoms with E-state index >= 15 is 0 Å². The maximum atomic E-state index is 3.88. The zero-order valence-corrected chi connectivity index (χ0v) is 22.3. The first-order valence-corrected chi connectivity index (χ1v) is 14.2. The van der Waals surface area contributed by atoms with Crippen LogP contribution in [0.3, 0.4) is 0 Å². The van der Waals surface area contributed by atoms with Gasteiger partial charge in [0, 0.05) is 11.4 Å². The lowest BCUT2D eigenvalue weighted by Crippen LogP contribution is -2.02. The van der Waals surface area contributed by atoms with E-state index in [0.29, 0.717) is 0 Å². The van der Waals surface area contributed by atoms with E-state index < -0.39 is 0 Å². The van der Waals surface area contributed by atoms with E-state index in [1.165, 1.54) is 136 Å². The molecular weight excluding hydrogens is 398 g/mol. The molecule has 2 aromatic carbocycles. The predicted octanol–water partition coefficient (Wildman–Crippen LogP) is 10.4. The third-order valence-corrected chi connectivity index (χ3v) is 6.85. The Hall–Kier alpha value is -1.76. The molecule has 0 aromatic heterocycles. The Morgan fingerprint density at radius 2 is 0.818 bits per heavy atom. The van der Waals surface area contributed by atoms with E-state index in [4.69, 9.17) is 0 Å². The molecule has 0 fully saturated rings. The Morgan fingerprint density at radius 3 is 1.18 bits per heavy atom. The quantitative estimate of drug-likeness (QED) is 0.223. The summed E-state index contributed by atoms with van der Waals surface area (Å²) >= 11 is 0. The van der Waals surface area contributed by atoms with Gasteiger partial charge < -0.3 is 5.32 Å². The van der Waals surface area contributed by atoms with Crippen molar-refractivity contribution in [3.05, 3.63) is 58.7 Å². The Morgan fingerprint density at radius 1 is 0.455 bits per heavy atom. The van der Waals surface area contributed by atoms with E-state index in [1.807, 2.05) is 0 Å². The number of hydrogen-bond donors (Lipinski definition) is 1. The number of anilines is 2. The molecule has 2 rings (SSSR count). The number of nitrogens with one attached hydrogen (secondary N) is 1. The lowest BCUT2D eigenvalue weighted by molar-refractivity contribution is 0.708. The minimum atomic E-state index is 1.18. The Bertz CT molecular complexity index is 711. The van der Waals surface area contributed by atoms with Gasteiger partial charge in [0.1, 0.15) is 0 Å². The van der Waals surface area contributed by atoms with Crippen LogP contribution in [0.2, 0.25) is 0 Å². The van der Waals surface area contributed by atoms with Gasteiger partial charge in [-0.15, -0.1) is 0 Å². The molecule has 184 valence electrons. The van der Waals surface area contributed by atoms with E-state index in [9.17, 15) is 0 Å². The Balaban J connectivity index is 2.23. The first-order chi connectivity index (χ1) is 16.2. The maximum absolute atomic E-state index is 3.88. The van der Waals surface area contributed by atoms with Crippen molar-refractivity contribution in [1.82, 2.24) is 0 Å². The molecular formula is C32H51N. The molecule has 1 heteroatoms. The monoisotopic (exact) mass is 449 g/mol. The average molecular weight is 450 g/mol. The van der Waals surface area contributed by atoms with Crippen LogP contribution in [0, 0.1) is 0 Å². The Kier molecular flexibility index (Phi) is 14.0. The Labute approximate surface area is 205 Å². The molecule has 33 heavy (non-hydrogen) atoms. The van der Waals surface area contributed by atoms with Gasteiger partial charge in [0.05, 0.1) is 0 Å².